The average Bonchev–Trinajstić information content (AvgIpc) is 3.28. The molecule has 2 aliphatic heterocycles. The molecule has 0 spiro atoms. The number of pyridine rings is 1. The van der Waals surface area contributed by atoms with E-state index in [0.717, 1.165) is 48.3 Å². The Bertz CT molecular complexity index is 1190. The van der Waals surface area contributed by atoms with Crippen LogP contribution >= 0.6 is 0 Å². The normalized spacial score (nSPS) is 16.7. The summed E-state index contributed by atoms with van der Waals surface area (Å²) in [5.41, 5.74) is 3.83. The summed E-state index contributed by atoms with van der Waals surface area (Å²) in [5, 5.41) is 4.21. The summed E-state index contributed by atoms with van der Waals surface area (Å²) in [6.07, 6.45) is 1.79. The largest absolute Gasteiger partial charge is 0.379 e. The Labute approximate surface area is 185 Å². The molecule has 0 unspecified atom stereocenters. The molecule has 2 fully saturated rings. The zero-order valence-corrected chi connectivity index (χ0v) is 17.8. The molecule has 0 atom stereocenters. The molecule has 4 aromatic rings. The monoisotopic (exact) mass is 435 g/mol. The Hall–Kier alpha value is -3.07. The molecule has 0 radical (unpaired) electrons. The van der Waals surface area contributed by atoms with Gasteiger partial charge in [0, 0.05) is 49.4 Å². The van der Waals surface area contributed by atoms with Gasteiger partial charge in [0.15, 0.2) is 0 Å². The Morgan fingerprint density at radius 3 is 2.44 bits per heavy atom. The summed E-state index contributed by atoms with van der Waals surface area (Å²) in [5.74, 6) is 0.447. The van der Waals surface area contributed by atoms with Crippen molar-refractivity contribution in [2.75, 3.05) is 57.5 Å². The first kappa shape index (κ1) is 20.8. The molecule has 4 heterocycles. The fraction of sp³-hybridized carbons (Fsp3) is 0.333. The summed E-state index contributed by atoms with van der Waals surface area (Å²) in [6, 6.07) is 13.3. The molecular weight excluding hydrogens is 409 g/mol. The van der Waals surface area contributed by atoms with Gasteiger partial charge in [-0.05, 0) is 18.2 Å². The predicted molar refractivity (Wildman–Crippen MR) is 124 cm³/mol. The van der Waals surface area contributed by atoms with E-state index in [1.54, 1.807) is 6.20 Å². The maximum atomic E-state index is 14.6. The van der Waals surface area contributed by atoms with Crippen LogP contribution in [0.5, 0.6) is 0 Å². The van der Waals surface area contributed by atoms with Crippen LogP contribution in [0.1, 0.15) is 0 Å². The van der Waals surface area contributed by atoms with E-state index in [4.69, 9.17) is 9.47 Å². The molecule has 0 bridgehead atoms. The maximum absolute atomic E-state index is 14.6. The lowest BCUT2D eigenvalue weighted by Crippen LogP contribution is -2.36. The van der Waals surface area contributed by atoms with Gasteiger partial charge in [0.25, 0.3) is 0 Å². The van der Waals surface area contributed by atoms with Crippen LogP contribution in [0.4, 0.5) is 10.1 Å². The lowest BCUT2D eigenvalue weighted by atomic mass is 10.1. The second-order valence-corrected chi connectivity index (χ2v) is 7.78. The number of fused-ring (bicyclic) bond motifs is 2. The van der Waals surface area contributed by atoms with E-state index in [2.05, 4.69) is 20.3 Å². The second-order valence-electron chi connectivity index (χ2n) is 7.78. The number of anilines is 1. The van der Waals surface area contributed by atoms with E-state index in [9.17, 15) is 4.39 Å². The van der Waals surface area contributed by atoms with Crippen LogP contribution in [0.2, 0.25) is 0 Å². The molecule has 7 nitrogen and oxygen atoms in total. The third-order valence-corrected chi connectivity index (χ3v) is 5.61. The average molecular weight is 436 g/mol. The van der Waals surface area contributed by atoms with Crippen molar-refractivity contribution in [1.29, 1.82) is 0 Å². The van der Waals surface area contributed by atoms with Crippen molar-refractivity contribution < 1.29 is 13.9 Å². The highest BCUT2D eigenvalue weighted by Crippen LogP contribution is 2.28. The summed E-state index contributed by atoms with van der Waals surface area (Å²) in [7, 11) is 0. The zero-order valence-electron chi connectivity index (χ0n) is 17.8. The number of nitrogens with one attached hydrogen (secondary N) is 2. The molecule has 2 aromatic carbocycles. The molecule has 2 N–H and O–H groups in total. The third-order valence-electron chi connectivity index (χ3n) is 5.61. The minimum atomic E-state index is -0.244. The van der Waals surface area contributed by atoms with E-state index in [0.29, 0.717) is 43.3 Å². The number of aromatic nitrogens is 3. The van der Waals surface area contributed by atoms with Crippen molar-refractivity contribution in [2.45, 2.75) is 0 Å². The molecule has 166 valence electrons. The molecular formula is C24H26FN5O2. The summed E-state index contributed by atoms with van der Waals surface area (Å²) in [6.45, 7) is 6.45. The first-order chi connectivity index (χ1) is 15.8. The number of imidazole rings is 1. The number of hydrogen-bond donors (Lipinski definition) is 2. The summed E-state index contributed by atoms with van der Waals surface area (Å²) < 4.78 is 24.9. The SMILES string of the molecule is C1COCCN1.Fc1cc2[nH]c(-c3cnc4ccccc4c3)nc2cc1N1CCOCC1. The van der Waals surface area contributed by atoms with Gasteiger partial charge in [-0.15, -0.1) is 0 Å². The first-order valence-corrected chi connectivity index (χ1v) is 10.9. The molecule has 6 rings (SSSR count). The minimum Gasteiger partial charge on any atom is -0.379 e. The molecule has 2 aliphatic rings. The number of hydrogen-bond acceptors (Lipinski definition) is 6. The van der Waals surface area contributed by atoms with Gasteiger partial charge in [0.1, 0.15) is 11.6 Å². The van der Waals surface area contributed by atoms with Gasteiger partial charge < -0.3 is 24.7 Å². The van der Waals surface area contributed by atoms with Gasteiger partial charge in [-0.3, -0.25) is 4.98 Å². The van der Waals surface area contributed by atoms with E-state index in [1.165, 1.54) is 6.07 Å². The first-order valence-electron chi connectivity index (χ1n) is 10.9. The second kappa shape index (κ2) is 9.60. The van der Waals surface area contributed by atoms with E-state index < -0.39 is 0 Å². The lowest BCUT2D eigenvalue weighted by Gasteiger charge is -2.29. The highest BCUT2D eigenvalue weighted by Gasteiger charge is 2.17. The highest BCUT2D eigenvalue weighted by atomic mass is 19.1. The Kier molecular flexibility index (Phi) is 6.24. The van der Waals surface area contributed by atoms with Crippen LogP contribution < -0.4 is 10.2 Å². The van der Waals surface area contributed by atoms with Gasteiger partial charge in [0.2, 0.25) is 0 Å². The fourth-order valence-electron chi connectivity index (χ4n) is 3.92. The standard InChI is InChI=1S/C20H17FN4O.C4H9NO/c21-15-10-17-18(11-19(15)25-5-7-26-8-6-25)24-20(23-17)14-9-13-3-1-2-4-16(13)22-12-14;1-3-6-4-2-5-1/h1-4,9-12H,5-8H2,(H,23,24);5H,1-4H2. The molecule has 2 aromatic heterocycles. The van der Waals surface area contributed by atoms with E-state index in [1.807, 2.05) is 41.3 Å². The number of nitrogens with zero attached hydrogens (tertiary/aromatic N) is 3. The van der Waals surface area contributed by atoms with Gasteiger partial charge in [-0.2, -0.15) is 0 Å². The third kappa shape index (κ3) is 4.57. The molecule has 8 heteroatoms. The van der Waals surface area contributed by atoms with Crippen molar-refractivity contribution in [3.8, 4) is 11.4 Å². The molecule has 0 aliphatic carbocycles. The minimum absolute atomic E-state index is 0.244. The summed E-state index contributed by atoms with van der Waals surface area (Å²) in [4.78, 5) is 14.4. The Morgan fingerprint density at radius 1 is 0.906 bits per heavy atom. The van der Waals surface area contributed by atoms with Crippen LogP contribution in [0, 0.1) is 5.82 Å². The molecule has 32 heavy (non-hydrogen) atoms. The summed E-state index contributed by atoms with van der Waals surface area (Å²) >= 11 is 0. The van der Waals surface area contributed by atoms with Gasteiger partial charge >= 0.3 is 0 Å². The van der Waals surface area contributed by atoms with Crippen molar-refractivity contribution >= 4 is 27.6 Å². The number of ether oxygens (including phenoxy) is 2. The number of benzene rings is 2. The van der Waals surface area contributed by atoms with Crippen LogP contribution in [-0.2, 0) is 9.47 Å². The van der Waals surface area contributed by atoms with Gasteiger partial charge in [-0.25, -0.2) is 9.37 Å². The quantitative estimate of drug-likeness (QED) is 0.503. The predicted octanol–water partition coefficient (Wildman–Crippen LogP) is 3.36. The number of morpholine rings is 2. The molecule has 0 amide bonds. The van der Waals surface area contributed by atoms with E-state index in [-0.39, 0.29) is 5.82 Å². The molecule has 2 saturated heterocycles. The van der Waals surface area contributed by atoms with Crippen LogP contribution in [0.3, 0.4) is 0 Å². The maximum Gasteiger partial charge on any atom is 0.148 e. The number of para-hydroxylation sites is 1. The molecule has 0 saturated carbocycles. The number of halogens is 1. The van der Waals surface area contributed by atoms with Crippen molar-refractivity contribution in [3.63, 3.8) is 0 Å². The van der Waals surface area contributed by atoms with Crippen molar-refractivity contribution in [3.05, 3.63) is 54.5 Å². The lowest BCUT2D eigenvalue weighted by molar-refractivity contribution is 0.109. The van der Waals surface area contributed by atoms with E-state index >= 15 is 0 Å². The van der Waals surface area contributed by atoms with Crippen molar-refractivity contribution in [2.24, 2.45) is 0 Å². The van der Waals surface area contributed by atoms with Crippen LogP contribution in [0.15, 0.2) is 48.7 Å². The zero-order chi connectivity index (χ0) is 21.8. The fourth-order valence-corrected chi connectivity index (χ4v) is 3.92. The van der Waals surface area contributed by atoms with Crippen LogP contribution in [-0.4, -0.2) is 67.6 Å². The topological polar surface area (TPSA) is 75.3 Å². The van der Waals surface area contributed by atoms with Crippen molar-refractivity contribution in [1.82, 2.24) is 20.3 Å². The van der Waals surface area contributed by atoms with Gasteiger partial charge in [0.05, 0.1) is 48.7 Å². The Balaban J connectivity index is 0.000000314. The van der Waals surface area contributed by atoms with Gasteiger partial charge in [-0.1, -0.05) is 18.2 Å². The highest BCUT2D eigenvalue weighted by molar-refractivity contribution is 5.86. The van der Waals surface area contributed by atoms with Crippen LogP contribution in [0.25, 0.3) is 33.3 Å². The Morgan fingerprint density at radius 2 is 1.69 bits per heavy atom. The number of aromatic amines is 1. The number of rotatable bonds is 2. The number of H-pyrrole nitrogens is 1. The smallest absolute Gasteiger partial charge is 0.148 e.